The summed E-state index contributed by atoms with van der Waals surface area (Å²) in [5.74, 6) is 0.390. The standard InChI is InChI=1S/C23H25F3/c1-2-3-14-6-9-18-20(23(14)15-4-7-16(24)8-5-15)11-10-19-21(18)12-17(25)13-22(19)26/h4-5,7-8,12-14,18,20,23H,2-3,6,9-11H2,1H3/t14-,18-,20+,23-/m1/s1. The molecule has 1 saturated carbocycles. The Kier molecular flexibility index (Phi) is 4.81. The van der Waals surface area contributed by atoms with Crippen LogP contribution in [-0.4, -0.2) is 0 Å². The van der Waals surface area contributed by atoms with Crippen molar-refractivity contribution in [2.24, 2.45) is 11.8 Å². The van der Waals surface area contributed by atoms with E-state index in [2.05, 4.69) is 6.92 Å². The van der Waals surface area contributed by atoms with Gasteiger partial charge in [-0.25, -0.2) is 13.2 Å². The zero-order valence-electron chi connectivity index (χ0n) is 15.2. The van der Waals surface area contributed by atoms with Crippen molar-refractivity contribution < 1.29 is 13.2 Å². The lowest BCUT2D eigenvalue weighted by Crippen LogP contribution is -2.35. The molecule has 4 atom stereocenters. The van der Waals surface area contributed by atoms with E-state index in [-0.39, 0.29) is 11.7 Å². The predicted molar refractivity (Wildman–Crippen MR) is 97.7 cm³/mol. The van der Waals surface area contributed by atoms with Crippen molar-refractivity contribution in [1.82, 2.24) is 0 Å². The number of hydrogen-bond acceptors (Lipinski definition) is 0. The molecule has 0 amide bonds. The van der Waals surface area contributed by atoms with Gasteiger partial charge in [0.25, 0.3) is 0 Å². The first-order valence-electron chi connectivity index (χ1n) is 9.81. The van der Waals surface area contributed by atoms with Gasteiger partial charge in [0.2, 0.25) is 0 Å². The van der Waals surface area contributed by atoms with E-state index in [1.807, 2.05) is 12.1 Å². The second-order valence-electron chi connectivity index (χ2n) is 7.97. The first kappa shape index (κ1) is 17.6. The second kappa shape index (κ2) is 7.09. The Bertz CT molecular complexity index is 781. The summed E-state index contributed by atoms with van der Waals surface area (Å²) in [7, 11) is 0. The van der Waals surface area contributed by atoms with Gasteiger partial charge in [-0.05, 0) is 84.2 Å². The van der Waals surface area contributed by atoms with E-state index in [0.29, 0.717) is 29.7 Å². The Morgan fingerprint density at radius 2 is 1.69 bits per heavy atom. The van der Waals surface area contributed by atoms with Crippen molar-refractivity contribution in [3.8, 4) is 0 Å². The maximum atomic E-state index is 14.3. The molecule has 3 heteroatoms. The summed E-state index contributed by atoms with van der Waals surface area (Å²) in [6.45, 7) is 2.20. The molecule has 2 aromatic carbocycles. The molecule has 2 aromatic rings. The third kappa shape index (κ3) is 3.06. The Labute approximate surface area is 153 Å². The number of halogens is 3. The minimum absolute atomic E-state index is 0.201. The van der Waals surface area contributed by atoms with E-state index in [1.54, 1.807) is 6.07 Å². The highest BCUT2D eigenvalue weighted by Gasteiger charge is 2.43. The molecule has 0 aromatic heterocycles. The van der Waals surface area contributed by atoms with Crippen LogP contribution in [0.4, 0.5) is 13.2 Å². The molecule has 0 radical (unpaired) electrons. The maximum Gasteiger partial charge on any atom is 0.129 e. The summed E-state index contributed by atoms with van der Waals surface area (Å²) < 4.78 is 41.6. The van der Waals surface area contributed by atoms with Gasteiger partial charge in [-0.2, -0.15) is 0 Å². The lowest BCUT2D eigenvalue weighted by molar-refractivity contribution is 0.159. The summed E-state index contributed by atoms with van der Waals surface area (Å²) in [5, 5.41) is 0. The van der Waals surface area contributed by atoms with Crippen molar-refractivity contribution in [3.05, 3.63) is 70.5 Å². The third-order valence-corrected chi connectivity index (χ3v) is 6.57. The van der Waals surface area contributed by atoms with E-state index in [1.165, 1.54) is 17.7 Å². The van der Waals surface area contributed by atoms with Crippen LogP contribution in [0.15, 0.2) is 36.4 Å². The molecule has 2 aliphatic rings. The van der Waals surface area contributed by atoms with Crippen LogP contribution in [0.3, 0.4) is 0 Å². The Hall–Kier alpha value is -1.77. The molecule has 1 fully saturated rings. The fourth-order valence-electron chi connectivity index (χ4n) is 5.58. The molecular formula is C23H25F3. The minimum Gasteiger partial charge on any atom is -0.207 e. The van der Waals surface area contributed by atoms with Crippen LogP contribution in [0.1, 0.15) is 67.6 Å². The molecule has 26 heavy (non-hydrogen) atoms. The van der Waals surface area contributed by atoms with E-state index in [4.69, 9.17) is 0 Å². The molecule has 4 rings (SSSR count). The van der Waals surface area contributed by atoms with Gasteiger partial charge >= 0.3 is 0 Å². The zero-order chi connectivity index (χ0) is 18.3. The van der Waals surface area contributed by atoms with Crippen molar-refractivity contribution in [3.63, 3.8) is 0 Å². The Morgan fingerprint density at radius 1 is 0.923 bits per heavy atom. The van der Waals surface area contributed by atoms with Crippen LogP contribution in [0, 0.1) is 29.3 Å². The highest BCUT2D eigenvalue weighted by Crippen LogP contribution is 2.55. The average molecular weight is 358 g/mol. The van der Waals surface area contributed by atoms with Gasteiger partial charge in [0.05, 0.1) is 0 Å². The lowest BCUT2D eigenvalue weighted by Gasteiger charge is -2.47. The Morgan fingerprint density at radius 3 is 2.42 bits per heavy atom. The van der Waals surface area contributed by atoms with Crippen LogP contribution in [0.2, 0.25) is 0 Å². The van der Waals surface area contributed by atoms with Gasteiger partial charge in [-0.15, -0.1) is 0 Å². The molecule has 0 heterocycles. The fraction of sp³-hybridized carbons (Fsp3) is 0.478. The third-order valence-electron chi connectivity index (χ3n) is 6.57. The maximum absolute atomic E-state index is 14.3. The molecule has 0 bridgehead atoms. The smallest absolute Gasteiger partial charge is 0.129 e. The fourth-order valence-corrected chi connectivity index (χ4v) is 5.58. The summed E-state index contributed by atoms with van der Waals surface area (Å²) >= 11 is 0. The van der Waals surface area contributed by atoms with Crippen LogP contribution < -0.4 is 0 Å². The first-order valence-corrected chi connectivity index (χ1v) is 9.81. The van der Waals surface area contributed by atoms with Crippen molar-refractivity contribution in [2.45, 2.75) is 57.3 Å². The SMILES string of the molecule is CCC[C@@H]1CC[C@H]2c3cc(F)cc(F)c3CC[C@@H]2[C@H]1c1ccc(F)cc1. The highest BCUT2D eigenvalue weighted by molar-refractivity contribution is 5.38. The van der Waals surface area contributed by atoms with Crippen molar-refractivity contribution in [2.75, 3.05) is 0 Å². The van der Waals surface area contributed by atoms with Crippen LogP contribution in [-0.2, 0) is 6.42 Å². The lowest BCUT2D eigenvalue weighted by atomic mass is 9.57. The molecule has 0 nitrogen and oxygen atoms in total. The average Bonchev–Trinajstić information content (AvgIpc) is 2.62. The zero-order valence-corrected chi connectivity index (χ0v) is 15.2. The molecule has 0 N–H and O–H groups in total. The molecule has 0 spiro atoms. The van der Waals surface area contributed by atoms with Gasteiger partial charge in [-0.1, -0.05) is 31.9 Å². The number of benzene rings is 2. The molecule has 0 saturated heterocycles. The number of fused-ring (bicyclic) bond motifs is 3. The molecule has 2 aliphatic carbocycles. The monoisotopic (exact) mass is 358 g/mol. The minimum atomic E-state index is -0.476. The number of hydrogen-bond donors (Lipinski definition) is 0. The summed E-state index contributed by atoms with van der Waals surface area (Å²) in [6, 6.07) is 9.46. The predicted octanol–water partition coefficient (Wildman–Crippen LogP) is 6.74. The molecular weight excluding hydrogens is 333 g/mol. The molecule has 138 valence electrons. The number of rotatable bonds is 3. The van der Waals surface area contributed by atoms with Gasteiger partial charge < -0.3 is 0 Å². The summed E-state index contributed by atoms with van der Waals surface area (Å²) in [6.07, 6.45) is 5.91. The highest BCUT2D eigenvalue weighted by atomic mass is 19.1. The van der Waals surface area contributed by atoms with Crippen LogP contribution in [0.25, 0.3) is 0 Å². The van der Waals surface area contributed by atoms with Crippen LogP contribution in [0.5, 0.6) is 0 Å². The second-order valence-corrected chi connectivity index (χ2v) is 7.97. The Balaban J connectivity index is 1.75. The summed E-state index contributed by atoms with van der Waals surface area (Å²) in [5.41, 5.74) is 2.76. The van der Waals surface area contributed by atoms with Crippen molar-refractivity contribution >= 4 is 0 Å². The van der Waals surface area contributed by atoms with Gasteiger partial charge in [0, 0.05) is 6.07 Å². The van der Waals surface area contributed by atoms with E-state index >= 15 is 0 Å². The van der Waals surface area contributed by atoms with Gasteiger partial charge in [0.15, 0.2) is 0 Å². The van der Waals surface area contributed by atoms with E-state index in [9.17, 15) is 13.2 Å². The molecule has 0 aliphatic heterocycles. The molecule has 0 unspecified atom stereocenters. The summed E-state index contributed by atoms with van der Waals surface area (Å²) in [4.78, 5) is 0. The topological polar surface area (TPSA) is 0 Å². The quantitative estimate of drug-likeness (QED) is 0.570. The first-order chi connectivity index (χ1) is 12.6. The van der Waals surface area contributed by atoms with E-state index < -0.39 is 11.6 Å². The van der Waals surface area contributed by atoms with E-state index in [0.717, 1.165) is 43.7 Å². The van der Waals surface area contributed by atoms with Gasteiger partial charge in [0.1, 0.15) is 17.5 Å². The van der Waals surface area contributed by atoms with Crippen molar-refractivity contribution in [1.29, 1.82) is 0 Å². The normalized spacial score (nSPS) is 27.7. The van der Waals surface area contributed by atoms with Crippen LogP contribution >= 0.6 is 0 Å². The largest absolute Gasteiger partial charge is 0.207 e. The van der Waals surface area contributed by atoms with Gasteiger partial charge in [-0.3, -0.25) is 0 Å².